The summed E-state index contributed by atoms with van der Waals surface area (Å²) in [5, 5.41) is 0. The van der Waals surface area contributed by atoms with Gasteiger partial charge < -0.3 is 4.74 Å². The number of hydrogen-bond acceptors (Lipinski definition) is 3. The first kappa shape index (κ1) is 18.2. The molecule has 3 nitrogen and oxygen atoms in total. The molecule has 0 aromatic carbocycles. The SMILES string of the molecule is CCCCCCCCCCCCC(=O)CC1CCOC1=O. The van der Waals surface area contributed by atoms with Crippen LogP contribution in [-0.4, -0.2) is 18.4 Å². The van der Waals surface area contributed by atoms with Crippen molar-refractivity contribution in [1.29, 1.82) is 0 Å². The molecule has 0 amide bonds. The van der Waals surface area contributed by atoms with Crippen LogP contribution in [-0.2, 0) is 14.3 Å². The van der Waals surface area contributed by atoms with Crippen molar-refractivity contribution in [3.8, 4) is 0 Å². The van der Waals surface area contributed by atoms with Crippen molar-refractivity contribution in [1.82, 2.24) is 0 Å². The highest BCUT2D eigenvalue weighted by molar-refractivity contribution is 5.85. The van der Waals surface area contributed by atoms with Crippen molar-refractivity contribution in [3.05, 3.63) is 0 Å². The molecule has 1 aliphatic heterocycles. The molecule has 1 rings (SSSR count). The van der Waals surface area contributed by atoms with Crippen LogP contribution >= 0.6 is 0 Å². The van der Waals surface area contributed by atoms with Crippen molar-refractivity contribution >= 4 is 11.8 Å². The van der Waals surface area contributed by atoms with Crippen molar-refractivity contribution in [2.24, 2.45) is 5.92 Å². The molecule has 1 fully saturated rings. The zero-order valence-corrected chi connectivity index (χ0v) is 13.7. The predicted octanol–water partition coefficient (Wildman–Crippen LogP) is 4.82. The van der Waals surface area contributed by atoms with E-state index in [0.717, 1.165) is 19.3 Å². The number of ketones is 1. The minimum absolute atomic E-state index is 0.152. The van der Waals surface area contributed by atoms with Crippen molar-refractivity contribution in [2.75, 3.05) is 6.61 Å². The molecule has 1 saturated heterocycles. The molecule has 0 aliphatic carbocycles. The fraction of sp³-hybridized carbons (Fsp3) is 0.889. The van der Waals surface area contributed by atoms with E-state index >= 15 is 0 Å². The van der Waals surface area contributed by atoms with Gasteiger partial charge in [-0.15, -0.1) is 0 Å². The summed E-state index contributed by atoms with van der Waals surface area (Å²) in [6.07, 6.45) is 14.6. The van der Waals surface area contributed by atoms with Crippen LogP contribution in [0.15, 0.2) is 0 Å². The predicted molar refractivity (Wildman–Crippen MR) is 85.2 cm³/mol. The number of Topliss-reactive ketones (excluding diaryl/α,β-unsaturated/α-hetero) is 1. The lowest BCUT2D eigenvalue weighted by Gasteiger charge is -2.05. The van der Waals surface area contributed by atoms with Crippen LogP contribution in [0.4, 0.5) is 0 Å². The summed E-state index contributed by atoms with van der Waals surface area (Å²) in [4.78, 5) is 23.1. The van der Waals surface area contributed by atoms with Gasteiger partial charge in [-0.2, -0.15) is 0 Å². The molecule has 1 unspecified atom stereocenters. The number of unbranched alkanes of at least 4 members (excludes halogenated alkanes) is 9. The summed E-state index contributed by atoms with van der Waals surface area (Å²) in [6, 6.07) is 0. The third-order valence-electron chi connectivity index (χ3n) is 4.33. The molecule has 0 aromatic rings. The van der Waals surface area contributed by atoms with E-state index in [9.17, 15) is 9.59 Å². The maximum Gasteiger partial charge on any atom is 0.309 e. The number of ether oxygens (including phenoxy) is 1. The Labute approximate surface area is 129 Å². The topological polar surface area (TPSA) is 43.4 Å². The minimum Gasteiger partial charge on any atom is -0.465 e. The zero-order chi connectivity index (χ0) is 15.3. The van der Waals surface area contributed by atoms with E-state index in [-0.39, 0.29) is 17.7 Å². The van der Waals surface area contributed by atoms with Crippen LogP contribution in [0.5, 0.6) is 0 Å². The summed E-state index contributed by atoms with van der Waals surface area (Å²) in [7, 11) is 0. The Hall–Kier alpha value is -0.860. The third kappa shape index (κ3) is 8.90. The first-order chi connectivity index (χ1) is 10.2. The molecule has 0 saturated carbocycles. The van der Waals surface area contributed by atoms with Crippen molar-refractivity contribution in [3.63, 3.8) is 0 Å². The van der Waals surface area contributed by atoms with Gasteiger partial charge in [0.25, 0.3) is 0 Å². The number of esters is 1. The third-order valence-corrected chi connectivity index (χ3v) is 4.33. The van der Waals surface area contributed by atoms with Gasteiger partial charge in [-0.25, -0.2) is 0 Å². The summed E-state index contributed by atoms with van der Waals surface area (Å²) in [6.45, 7) is 2.74. The molecular formula is C18H32O3. The molecule has 1 aliphatic rings. The second-order valence-corrected chi connectivity index (χ2v) is 6.33. The standard InChI is InChI=1S/C18H32O3/c1-2-3-4-5-6-7-8-9-10-11-12-17(19)15-16-13-14-21-18(16)20/h16H,2-15H2,1H3. The first-order valence-corrected chi connectivity index (χ1v) is 8.92. The number of carbonyl (C=O) groups excluding carboxylic acids is 2. The Balaban J connectivity index is 1.85. The molecule has 0 spiro atoms. The van der Waals surface area contributed by atoms with Gasteiger partial charge in [0, 0.05) is 12.8 Å². The summed E-state index contributed by atoms with van der Waals surface area (Å²) in [5.74, 6) is -0.0922. The molecule has 1 heterocycles. The Morgan fingerprint density at radius 3 is 2.10 bits per heavy atom. The molecule has 0 radical (unpaired) electrons. The number of rotatable bonds is 13. The number of carbonyl (C=O) groups is 2. The lowest BCUT2D eigenvalue weighted by Crippen LogP contribution is -2.13. The van der Waals surface area contributed by atoms with Gasteiger partial charge in [-0.05, 0) is 12.8 Å². The van der Waals surface area contributed by atoms with Gasteiger partial charge in [0.15, 0.2) is 0 Å². The van der Waals surface area contributed by atoms with Gasteiger partial charge in [-0.3, -0.25) is 9.59 Å². The Morgan fingerprint density at radius 1 is 1.00 bits per heavy atom. The number of cyclic esters (lactones) is 1. The van der Waals surface area contributed by atoms with E-state index in [1.807, 2.05) is 0 Å². The summed E-state index contributed by atoms with van der Waals surface area (Å²) < 4.78 is 4.88. The largest absolute Gasteiger partial charge is 0.465 e. The average molecular weight is 296 g/mol. The van der Waals surface area contributed by atoms with Crippen LogP contribution in [0.2, 0.25) is 0 Å². The molecule has 1 atom stereocenters. The molecule has 21 heavy (non-hydrogen) atoms. The van der Waals surface area contributed by atoms with Crippen LogP contribution in [0.25, 0.3) is 0 Å². The van der Waals surface area contributed by atoms with Crippen molar-refractivity contribution in [2.45, 2.75) is 90.4 Å². The summed E-state index contributed by atoms with van der Waals surface area (Å²) >= 11 is 0. The fourth-order valence-corrected chi connectivity index (χ4v) is 2.91. The van der Waals surface area contributed by atoms with Crippen LogP contribution in [0.1, 0.15) is 90.4 Å². The molecular weight excluding hydrogens is 264 g/mol. The zero-order valence-electron chi connectivity index (χ0n) is 13.7. The highest BCUT2D eigenvalue weighted by Gasteiger charge is 2.28. The van der Waals surface area contributed by atoms with E-state index in [1.54, 1.807) is 0 Å². The first-order valence-electron chi connectivity index (χ1n) is 8.92. The van der Waals surface area contributed by atoms with Gasteiger partial charge in [-0.1, -0.05) is 64.7 Å². The highest BCUT2D eigenvalue weighted by atomic mass is 16.5. The van der Waals surface area contributed by atoms with E-state index in [4.69, 9.17) is 4.74 Å². The van der Waals surface area contributed by atoms with Crippen molar-refractivity contribution < 1.29 is 14.3 Å². The van der Waals surface area contributed by atoms with Gasteiger partial charge in [0.2, 0.25) is 0 Å². The quantitative estimate of drug-likeness (QED) is 0.361. The molecule has 0 aromatic heterocycles. The summed E-state index contributed by atoms with van der Waals surface area (Å²) in [5.41, 5.74) is 0. The van der Waals surface area contributed by atoms with Gasteiger partial charge in [0.1, 0.15) is 5.78 Å². The van der Waals surface area contributed by atoms with Crippen LogP contribution in [0.3, 0.4) is 0 Å². The maximum atomic E-state index is 11.8. The highest BCUT2D eigenvalue weighted by Crippen LogP contribution is 2.20. The molecule has 122 valence electrons. The van der Waals surface area contributed by atoms with Gasteiger partial charge >= 0.3 is 5.97 Å². The maximum absolute atomic E-state index is 11.8. The van der Waals surface area contributed by atoms with E-state index in [2.05, 4.69) is 6.92 Å². The van der Waals surface area contributed by atoms with E-state index in [0.29, 0.717) is 19.4 Å². The second kappa shape index (κ2) is 11.8. The lowest BCUT2D eigenvalue weighted by atomic mass is 9.98. The second-order valence-electron chi connectivity index (χ2n) is 6.33. The van der Waals surface area contributed by atoms with E-state index < -0.39 is 0 Å². The average Bonchev–Trinajstić information content (AvgIpc) is 2.86. The fourth-order valence-electron chi connectivity index (χ4n) is 2.91. The minimum atomic E-state index is -0.175. The van der Waals surface area contributed by atoms with Crippen LogP contribution < -0.4 is 0 Å². The normalized spacial score (nSPS) is 18.0. The molecule has 0 N–H and O–H groups in total. The van der Waals surface area contributed by atoms with Gasteiger partial charge in [0.05, 0.1) is 12.5 Å². The number of hydrogen-bond donors (Lipinski definition) is 0. The Kier molecular flexibility index (Phi) is 10.2. The smallest absolute Gasteiger partial charge is 0.309 e. The Bertz CT molecular complexity index is 299. The molecule has 0 bridgehead atoms. The Morgan fingerprint density at radius 2 is 1.57 bits per heavy atom. The van der Waals surface area contributed by atoms with E-state index in [1.165, 1.54) is 51.4 Å². The monoisotopic (exact) mass is 296 g/mol. The molecule has 3 heteroatoms. The van der Waals surface area contributed by atoms with Crippen LogP contribution in [0, 0.1) is 5.92 Å². The lowest BCUT2D eigenvalue weighted by molar-refractivity contribution is -0.142.